The highest BCUT2D eigenvalue weighted by molar-refractivity contribution is 9.10. The third-order valence-corrected chi connectivity index (χ3v) is 9.19. The minimum atomic E-state index is -3.88. The van der Waals surface area contributed by atoms with Crippen molar-refractivity contribution in [3.05, 3.63) is 86.2 Å². The second kappa shape index (κ2) is 10.5. The van der Waals surface area contributed by atoms with Crippen LogP contribution < -0.4 is 9.62 Å². The third-order valence-electron chi connectivity index (χ3n) is 6.68. The summed E-state index contributed by atoms with van der Waals surface area (Å²) >= 11 is 9.43. The number of nitrogens with one attached hydrogen (secondary N) is 1. The Bertz CT molecular complexity index is 1790. The number of hydrogen-bond acceptors (Lipinski definition) is 5. The van der Waals surface area contributed by atoms with E-state index in [-0.39, 0.29) is 33.1 Å². The lowest BCUT2D eigenvalue weighted by Gasteiger charge is -2.26. The van der Waals surface area contributed by atoms with Gasteiger partial charge in [0.25, 0.3) is 5.91 Å². The lowest BCUT2D eigenvalue weighted by atomic mass is 10.0. The number of fused-ring (bicyclic) bond motifs is 1. The Morgan fingerprint density at radius 2 is 1.90 bits per heavy atom. The molecular formula is C27H23BrClFN4O5S. The van der Waals surface area contributed by atoms with Crippen molar-refractivity contribution in [3.8, 4) is 11.3 Å². The van der Waals surface area contributed by atoms with Gasteiger partial charge in [-0.15, -0.1) is 0 Å². The van der Waals surface area contributed by atoms with Gasteiger partial charge in [-0.2, -0.15) is 5.10 Å². The summed E-state index contributed by atoms with van der Waals surface area (Å²) in [5.41, 5.74) is 2.92. The summed E-state index contributed by atoms with van der Waals surface area (Å²) in [5.74, 6) is -1.98. The summed E-state index contributed by atoms with van der Waals surface area (Å²) in [6.45, 7) is -0.189. The SMILES string of the molecule is CNC(=O)c1c(-c2ccc(F)cc2)nn2cc(N(Cc3cc(Cl)c(Br)c(C(=O)O)c3)S(C)(=O)=O)c(C3CC3)cc12. The van der Waals surface area contributed by atoms with Gasteiger partial charge in [-0.05, 0) is 88.3 Å². The second-order valence-corrected chi connectivity index (χ2v) is 12.6. The van der Waals surface area contributed by atoms with Crippen LogP contribution in [-0.2, 0) is 16.6 Å². The number of nitrogens with zero attached hydrogens (tertiary/aromatic N) is 3. The van der Waals surface area contributed by atoms with Gasteiger partial charge in [-0.25, -0.2) is 22.1 Å². The molecule has 1 amide bonds. The van der Waals surface area contributed by atoms with Gasteiger partial charge in [0.05, 0.1) is 50.8 Å². The van der Waals surface area contributed by atoms with Crippen LogP contribution in [0.15, 0.2) is 53.1 Å². The number of benzene rings is 2. The van der Waals surface area contributed by atoms with Crippen molar-refractivity contribution in [2.45, 2.75) is 25.3 Å². The highest BCUT2D eigenvalue weighted by Crippen LogP contribution is 2.46. The molecule has 9 nitrogen and oxygen atoms in total. The number of carboxylic acid groups (broad SMARTS) is 1. The molecule has 1 saturated carbocycles. The Balaban J connectivity index is 1.72. The summed E-state index contributed by atoms with van der Waals surface area (Å²) in [4.78, 5) is 24.7. The van der Waals surface area contributed by atoms with E-state index in [0.717, 1.165) is 24.7 Å². The number of aromatic nitrogens is 2. The molecule has 4 aromatic rings. The van der Waals surface area contributed by atoms with Crippen molar-refractivity contribution in [2.24, 2.45) is 0 Å². The maximum atomic E-state index is 13.6. The van der Waals surface area contributed by atoms with Crippen molar-refractivity contribution >= 4 is 60.6 Å². The standard InChI is InChI=1S/C27H23BrClFN4O5S/c1-31-26(35)23-21-11-18(15-3-4-15)22(13-33(21)32-25(23)16-5-7-17(30)8-6-16)34(40(2,38)39)12-14-9-19(27(36)37)24(28)20(29)10-14/h5-11,13,15H,3-4,12H2,1-2H3,(H,31,35)(H,36,37). The van der Waals surface area contributed by atoms with Crippen LogP contribution >= 0.6 is 27.5 Å². The van der Waals surface area contributed by atoms with Gasteiger partial charge in [0, 0.05) is 12.6 Å². The zero-order valence-electron chi connectivity index (χ0n) is 21.3. The molecule has 0 aliphatic heterocycles. The molecular weight excluding hydrogens is 627 g/mol. The maximum absolute atomic E-state index is 13.6. The van der Waals surface area contributed by atoms with Crippen LogP contribution in [0.4, 0.5) is 10.1 Å². The van der Waals surface area contributed by atoms with Crippen molar-refractivity contribution in [2.75, 3.05) is 17.6 Å². The number of carboxylic acids is 1. The van der Waals surface area contributed by atoms with Gasteiger partial charge >= 0.3 is 5.97 Å². The number of carbonyl (C=O) groups is 2. The molecule has 2 aromatic heterocycles. The number of sulfonamides is 1. The van der Waals surface area contributed by atoms with Crippen LogP contribution in [0, 0.1) is 5.82 Å². The zero-order valence-corrected chi connectivity index (χ0v) is 24.4. The summed E-state index contributed by atoms with van der Waals surface area (Å²) in [6, 6.07) is 10.2. The molecule has 0 spiro atoms. The molecule has 1 aliphatic carbocycles. The van der Waals surface area contributed by atoms with E-state index in [1.54, 1.807) is 12.3 Å². The van der Waals surface area contributed by atoms with Crippen LogP contribution in [0.5, 0.6) is 0 Å². The largest absolute Gasteiger partial charge is 0.478 e. The molecule has 0 radical (unpaired) electrons. The third kappa shape index (κ3) is 5.30. The van der Waals surface area contributed by atoms with E-state index in [9.17, 15) is 27.5 Å². The van der Waals surface area contributed by atoms with Crippen LogP contribution in [0.25, 0.3) is 16.8 Å². The predicted molar refractivity (Wildman–Crippen MR) is 153 cm³/mol. The number of pyridine rings is 1. The first kappa shape index (κ1) is 28.1. The number of hydrogen-bond donors (Lipinski definition) is 2. The number of carbonyl (C=O) groups excluding carboxylic acids is 1. The Morgan fingerprint density at radius 3 is 2.48 bits per heavy atom. The number of rotatable bonds is 8. The van der Waals surface area contributed by atoms with E-state index in [0.29, 0.717) is 28.0 Å². The fraction of sp³-hybridized carbons (Fsp3) is 0.222. The lowest BCUT2D eigenvalue weighted by molar-refractivity contribution is 0.0695. The predicted octanol–water partition coefficient (Wildman–Crippen LogP) is 5.46. The number of aromatic carboxylic acids is 1. The molecule has 0 unspecified atom stereocenters. The van der Waals surface area contributed by atoms with Gasteiger partial charge < -0.3 is 10.4 Å². The Labute approximate surface area is 242 Å². The summed E-state index contributed by atoms with van der Waals surface area (Å²) in [5, 5.41) is 16.9. The number of amides is 1. The van der Waals surface area contributed by atoms with Crippen LogP contribution in [0.2, 0.25) is 5.02 Å². The number of anilines is 1. The average Bonchev–Trinajstić information content (AvgIpc) is 3.68. The van der Waals surface area contributed by atoms with E-state index >= 15 is 0 Å². The molecule has 2 aromatic carbocycles. The van der Waals surface area contributed by atoms with Crippen LogP contribution in [0.3, 0.4) is 0 Å². The van der Waals surface area contributed by atoms with Gasteiger partial charge in [0.1, 0.15) is 11.5 Å². The van der Waals surface area contributed by atoms with Crippen molar-refractivity contribution in [3.63, 3.8) is 0 Å². The Hall–Kier alpha value is -3.48. The minimum absolute atomic E-state index is 0.0639. The number of halogens is 3. The second-order valence-electron chi connectivity index (χ2n) is 9.54. The molecule has 2 N–H and O–H groups in total. The first-order valence-electron chi connectivity index (χ1n) is 12.1. The Morgan fingerprint density at radius 1 is 1.23 bits per heavy atom. The normalized spacial score (nSPS) is 13.4. The van der Waals surface area contributed by atoms with Gasteiger partial charge in [0.15, 0.2) is 0 Å². The molecule has 2 heterocycles. The molecule has 0 saturated heterocycles. The fourth-order valence-corrected chi connectivity index (χ4v) is 6.16. The highest BCUT2D eigenvalue weighted by Gasteiger charge is 2.33. The van der Waals surface area contributed by atoms with E-state index < -0.39 is 27.7 Å². The van der Waals surface area contributed by atoms with Gasteiger partial charge in [-0.3, -0.25) is 9.10 Å². The van der Waals surface area contributed by atoms with Crippen molar-refractivity contribution < 1.29 is 27.5 Å². The van der Waals surface area contributed by atoms with E-state index in [1.807, 2.05) is 0 Å². The molecule has 1 aliphatic rings. The van der Waals surface area contributed by atoms with E-state index in [4.69, 9.17) is 11.6 Å². The molecule has 0 atom stereocenters. The molecule has 40 heavy (non-hydrogen) atoms. The first-order chi connectivity index (χ1) is 18.9. The first-order valence-corrected chi connectivity index (χ1v) is 15.1. The van der Waals surface area contributed by atoms with Crippen LogP contribution in [-0.4, -0.2) is 48.3 Å². The van der Waals surface area contributed by atoms with Crippen molar-refractivity contribution in [1.82, 2.24) is 14.9 Å². The zero-order chi connectivity index (χ0) is 28.9. The molecule has 5 rings (SSSR count). The summed E-state index contributed by atoms with van der Waals surface area (Å²) in [7, 11) is -2.38. The Kier molecular flexibility index (Phi) is 7.36. The smallest absolute Gasteiger partial charge is 0.336 e. The topological polar surface area (TPSA) is 121 Å². The van der Waals surface area contributed by atoms with Gasteiger partial charge in [0.2, 0.25) is 10.0 Å². The van der Waals surface area contributed by atoms with Crippen molar-refractivity contribution in [1.29, 1.82) is 0 Å². The minimum Gasteiger partial charge on any atom is -0.478 e. The van der Waals surface area contributed by atoms with E-state index in [2.05, 4.69) is 26.3 Å². The maximum Gasteiger partial charge on any atom is 0.336 e. The van der Waals surface area contributed by atoms with E-state index in [1.165, 1.54) is 52.3 Å². The lowest BCUT2D eigenvalue weighted by Crippen LogP contribution is -2.30. The average molecular weight is 650 g/mol. The summed E-state index contributed by atoms with van der Waals surface area (Å²) in [6.07, 6.45) is 4.29. The molecule has 13 heteroatoms. The highest BCUT2D eigenvalue weighted by atomic mass is 79.9. The molecule has 1 fully saturated rings. The fourth-order valence-electron chi connectivity index (χ4n) is 4.62. The monoisotopic (exact) mass is 648 g/mol. The van der Waals surface area contributed by atoms with Gasteiger partial charge in [-0.1, -0.05) is 11.6 Å². The van der Waals surface area contributed by atoms with Crippen LogP contribution in [0.1, 0.15) is 50.6 Å². The molecule has 208 valence electrons. The molecule has 0 bridgehead atoms. The summed E-state index contributed by atoms with van der Waals surface area (Å²) < 4.78 is 42.8. The quantitative estimate of drug-likeness (QED) is 0.262.